The van der Waals surface area contributed by atoms with E-state index in [1.807, 2.05) is 0 Å². The van der Waals surface area contributed by atoms with Gasteiger partial charge in [-0.25, -0.2) is 4.79 Å². The Balaban J connectivity index is 2.57. The van der Waals surface area contributed by atoms with Crippen LogP contribution in [-0.2, 0) is 9.59 Å². The minimum Gasteiger partial charge on any atom is -0.478 e. The normalized spacial score (nSPS) is 10.1. The number of thioether (sulfide) groups is 1. The molecule has 8 heteroatoms. The predicted octanol–water partition coefficient (Wildman–Crippen LogP) is 1.69. The Morgan fingerprint density at radius 3 is 2.65 bits per heavy atom. The topological polar surface area (TPSA) is 109 Å². The maximum Gasteiger partial charge on any atom is 0.337 e. The van der Waals surface area contributed by atoms with Crippen molar-refractivity contribution in [3.05, 3.63) is 28.2 Å². The average Bonchev–Trinajstić information content (AvgIpc) is 2.36. The van der Waals surface area contributed by atoms with E-state index in [2.05, 4.69) is 21.2 Å². The molecule has 0 saturated carbocycles. The lowest BCUT2D eigenvalue weighted by molar-refractivity contribution is -0.116. The number of aromatic carboxylic acids is 1. The summed E-state index contributed by atoms with van der Waals surface area (Å²) in [5.41, 5.74) is 5.22. The number of anilines is 1. The van der Waals surface area contributed by atoms with Crippen LogP contribution in [0.15, 0.2) is 22.7 Å². The molecule has 0 atom stereocenters. The minimum absolute atomic E-state index is 0.0116. The summed E-state index contributed by atoms with van der Waals surface area (Å²) in [6.45, 7) is 0. The summed E-state index contributed by atoms with van der Waals surface area (Å²) >= 11 is 4.43. The number of halogens is 1. The Hall–Kier alpha value is -1.54. The van der Waals surface area contributed by atoms with Crippen LogP contribution in [0.25, 0.3) is 0 Å². The Morgan fingerprint density at radius 1 is 1.35 bits per heavy atom. The van der Waals surface area contributed by atoms with Crippen molar-refractivity contribution in [1.29, 1.82) is 0 Å². The first-order valence-electron chi connectivity index (χ1n) is 5.59. The van der Waals surface area contributed by atoms with Crippen LogP contribution >= 0.6 is 27.7 Å². The first-order chi connectivity index (χ1) is 9.40. The smallest absolute Gasteiger partial charge is 0.337 e. The highest BCUT2D eigenvalue weighted by Gasteiger charge is 2.13. The van der Waals surface area contributed by atoms with Crippen LogP contribution < -0.4 is 11.1 Å². The van der Waals surface area contributed by atoms with Crippen LogP contribution in [0, 0.1) is 0 Å². The highest BCUT2D eigenvalue weighted by Crippen LogP contribution is 2.21. The zero-order valence-electron chi connectivity index (χ0n) is 10.4. The number of amides is 2. The molecule has 0 fully saturated rings. The molecule has 20 heavy (non-hydrogen) atoms. The molecule has 0 unspecified atom stereocenters. The van der Waals surface area contributed by atoms with Crippen LogP contribution in [0.5, 0.6) is 0 Å². The van der Waals surface area contributed by atoms with E-state index in [1.165, 1.54) is 23.9 Å². The fourth-order valence-corrected chi connectivity index (χ4v) is 2.39. The lowest BCUT2D eigenvalue weighted by atomic mass is 10.2. The molecule has 0 spiro atoms. The van der Waals surface area contributed by atoms with Gasteiger partial charge in [-0.15, -0.1) is 0 Å². The predicted molar refractivity (Wildman–Crippen MR) is 80.9 cm³/mol. The Bertz CT molecular complexity index is 536. The van der Waals surface area contributed by atoms with Crippen LogP contribution in [-0.4, -0.2) is 34.4 Å². The van der Waals surface area contributed by atoms with Gasteiger partial charge in [-0.2, -0.15) is 11.8 Å². The first kappa shape index (κ1) is 16.5. The second-order valence-electron chi connectivity index (χ2n) is 3.81. The number of benzene rings is 1. The highest BCUT2D eigenvalue weighted by atomic mass is 79.9. The highest BCUT2D eigenvalue weighted by molar-refractivity contribution is 9.10. The van der Waals surface area contributed by atoms with Gasteiger partial charge >= 0.3 is 5.97 Å². The van der Waals surface area contributed by atoms with Gasteiger partial charge in [-0.3, -0.25) is 9.59 Å². The first-order valence-corrected chi connectivity index (χ1v) is 7.53. The number of hydrogen-bond donors (Lipinski definition) is 3. The van der Waals surface area contributed by atoms with Crippen molar-refractivity contribution >= 4 is 51.2 Å². The van der Waals surface area contributed by atoms with Gasteiger partial charge in [0.15, 0.2) is 0 Å². The molecular weight excluding hydrogens is 348 g/mol. The SMILES string of the molecule is NC(=O)CSCCC(=O)Nc1ccc(Br)cc1C(=O)O. The number of carboxylic acid groups (broad SMARTS) is 1. The number of carbonyl (C=O) groups is 3. The second kappa shape index (κ2) is 7.91. The number of primary amides is 1. The van der Waals surface area contributed by atoms with Crippen molar-refractivity contribution < 1.29 is 19.5 Å². The lowest BCUT2D eigenvalue weighted by Gasteiger charge is -2.08. The molecule has 0 saturated heterocycles. The molecule has 0 aliphatic heterocycles. The van der Waals surface area contributed by atoms with Crippen LogP contribution in [0.1, 0.15) is 16.8 Å². The third-order valence-corrected chi connectivity index (χ3v) is 3.68. The summed E-state index contributed by atoms with van der Waals surface area (Å²) in [7, 11) is 0. The summed E-state index contributed by atoms with van der Waals surface area (Å²) in [6.07, 6.45) is 0.174. The molecular formula is C12H13BrN2O4S. The number of carbonyl (C=O) groups excluding carboxylic acids is 2. The van der Waals surface area contributed by atoms with Crippen molar-refractivity contribution in [2.45, 2.75) is 6.42 Å². The number of nitrogens with one attached hydrogen (secondary N) is 1. The monoisotopic (exact) mass is 360 g/mol. The van der Waals surface area contributed by atoms with Crippen molar-refractivity contribution in [3.63, 3.8) is 0 Å². The summed E-state index contributed by atoms with van der Waals surface area (Å²) in [4.78, 5) is 33.3. The van der Waals surface area contributed by atoms with Gasteiger partial charge in [0.05, 0.1) is 17.0 Å². The van der Waals surface area contributed by atoms with E-state index in [4.69, 9.17) is 10.8 Å². The quantitative estimate of drug-likeness (QED) is 0.641. The van der Waals surface area contributed by atoms with Gasteiger partial charge in [-0.05, 0) is 18.2 Å². The third-order valence-electron chi connectivity index (χ3n) is 2.20. The molecule has 0 bridgehead atoms. The van der Waals surface area contributed by atoms with E-state index in [-0.39, 0.29) is 29.3 Å². The van der Waals surface area contributed by atoms with Gasteiger partial charge in [0.1, 0.15) is 0 Å². The van der Waals surface area contributed by atoms with Gasteiger partial charge in [0.25, 0.3) is 0 Å². The number of rotatable bonds is 7. The van der Waals surface area contributed by atoms with E-state index in [0.29, 0.717) is 10.2 Å². The third kappa shape index (κ3) is 5.62. The zero-order valence-corrected chi connectivity index (χ0v) is 12.8. The zero-order chi connectivity index (χ0) is 15.1. The Kier molecular flexibility index (Phi) is 6.53. The summed E-state index contributed by atoms with van der Waals surface area (Å²) in [5.74, 6) is -1.27. The average molecular weight is 361 g/mol. The van der Waals surface area contributed by atoms with Gasteiger partial charge in [-0.1, -0.05) is 15.9 Å². The van der Waals surface area contributed by atoms with E-state index in [1.54, 1.807) is 6.07 Å². The minimum atomic E-state index is -1.12. The fraction of sp³-hybridized carbons (Fsp3) is 0.250. The Labute approximate surface area is 128 Å². The molecule has 0 heterocycles. The molecule has 1 aromatic carbocycles. The fourth-order valence-electron chi connectivity index (χ4n) is 1.35. The van der Waals surface area contributed by atoms with Gasteiger partial charge in [0, 0.05) is 16.6 Å². The van der Waals surface area contributed by atoms with E-state index >= 15 is 0 Å². The van der Waals surface area contributed by atoms with Gasteiger partial charge < -0.3 is 16.2 Å². The maximum absolute atomic E-state index is 11.7. The van der Waals surface area contributed by atoms with Crippen molar-refractivity contribution in [3.8, 4) is 0 Å². The molecule has 2 amide bonds. The van der Waals surface area contributed by atoms with Crippen LogP contribution in [0.4, 0.5) is 5.69 Å². The summed E-state index contributed by atoms with van der Waals surface area (Å²) in [6, 6.07) is 4.58. The van der Waals surface area contributed by atoms with E-state index in [0.717, 1.165) is 0 Å². The maximum atomic E-state index is 11.7. The molecule has 1 rings (SSSR count). The largest absolute Gasteiger partial charge is 0.478 e. The molecule has 0 aliphatic rings. The molecule has 0 aliphatic carbocycles. The summed E-state index contributed by atoms with van der Waals surface area (Å²) < 4.78 is 0.616. The molecule has 4 N–H and O–H groups in total. The molecule has 0 aromatic heterocycles. The molecule has 6 nitrogen and oxygen atoms in total. The van der Waals surface area contributed by atoms with Crippen molar-refractivity contribution in [2.24, 2.45) is 5.73 Å². The number of carboxylic acids is 1. The van der Waals surface area contributed by atoms with E-state index < -0.39 is 11.9 Å². The lowest BCUT2D eigenvalue weighted by Crippen LogP contribution is -2.17. The van der Waals surface area contributed by atoms with Crippen molar-refractivity contribution in [2.75, 3.05) is 16.8 Å². The van der Waals surface area contributed by atoms with E-state index in [9.17, 15) is 14.4 Å². The number of hydrogen-bond acceptors (Lipinski definition) is 4. The standard InChI is InChI=1S/C12H13BrN2O4S/c13-7-1-2-9(8(5-7)12(18)19)15-11(17)3-4-20-6-10(14)16/h1-2,5H,3-4,6H2,(H2,14,16)(H,15,17)(H,18,19). The second-order valence-corrected chi connectivity index (χ2v) is 5.83. The van der Waals surface area contributed by atoms with Crippen molar-refractivity contribution in [1.82, 2.24) is 0 Å². The number of nitrogens with two attached hydrogens (primary N) is 1. The van der Waals surface area contributed by atoms with Gasteiger partial charge in [0.2, 0.25) is 11.8 Å². The van der Waals surface area contributed by atoms with Crippen LogP contribution in [0.2, 0.25) is 0 Å². The molecule has 0 radical (unpaired) electrons. The Morgan fingerprint density at radius 2 is 2.05 bits per heavy atom. The molecule has 1 aromatic rings. The summed E-state index contributed by atoms with van der Waals surface area (Å²) in [5, 5.41) is 11.6. The molecule has 108 valence electrons. The van der Waals surface area contributed by atoms with Crippen LogP contribution in [0.3, 0.4) is 0 Å².